The van der Waals surface area contributed by atoms with Crippen molar-refractivity contribution in [3.05, 3.63) is 78.8 Å². The Morgan fingerprint density at radius 3 is 2.37 bits per heavy atom. The predicted octanol–water partition coefficient (Wildman–Crippen LogP) is 5.89. The van der Waals surface area contributed by atoms with Crippen LogP contribution in [0.1, 0.15) is 5.56 Å². The number of ether oxygens (including phenoxy) is 2. The van der Waals surface area contributed by atoms with E-state index in [1.807, 2.05) is 18.2 Å². The van der Waals surface area contributed by atoms with E-state index >= 15 is 0 Å². The van der Waals surface area contributed by atoms with E-state index in [-0.39, 0.29) is 11.5 Å². The number of hydrogen-bond acceptors (Lipinski definition) is 8. The van der Waals surface area contributed by atoms with Crippen LogP contribution >= 0.6 is 0 Å². The highest BCUT2D eigenvalue weighted by atomic mass is 19.4. The van der Waals surface area contributed by atoms with Crippen LogP contribution in [0.4, 0.5) is 41.7 Å². The van der Waals surface area contributed by atoms with E-state index < -0.39 is 11.7 Å². The fourth-order valence-corrected chi connectivity index (χ4v) is 4.16. The molecule has 1 aliphatic heterocycles. The first-order valence-electron chi connectivity index (χ1n) is 11.9. The molecule has 0 atom stereocenters. The summed E-state index contributed by atoms with van der Waals surface area (Å²) >= 11 is 0. The van der Waals surface area contributed by atoms with Crippen LogP contribution in [0.2, 0.25) is 0 Å². The van der Waals surface area contributed by atoms with Crippen molar-refractivity contribution < 1.29 is 22.6 Å². The normalized spacial score (nSPS) is 13.7. The molecule has 4 aromatic rings. The van der Waals surface area contributed by atoms with Crippen LogP contribution in [0.3, 0.4) is 0 Å². The van der Waals surface area contributed by atoms with Crippen molar-refractivity contribution in [3.63, 3.8) is 0 Å². The average molecular weight is 523 g/mol. The molecule has 0 saturated carbocycles. The number of aromatic nitrogens is 3. The van der Waals surface area contributed by atoms with Gasteiger partial charge < -0.3 is 25.0 Å². The van der Waals surface area contributed by atoms with Gasteiger partial charge in [0.2, 0.25) is 0 Å². The maximum atomic E-state index is 13.9. The van der Waals surface area contributed by atoms with Crippen LogP contribution in [-0.4, -0.2) is 48.4 Å². The number of nitrogens with zero attached hydrogens (tertiary/aromatic N) is 4. The average Bonchev–Trinajstić information content (AvgIpc) is 2.94. The monoisotopic (exact) mass is 522 g/mol. The summed E-state index contributed by atoms with van der Waals surface area (Å²) in [6.07, 6.45) is -0.663. The minimum atomic E-state index is -4.62. The van der Waals surface area contributed by atoms with Gasteiger partial charge in [-0.15, -0.1) is 0 Å². The first-order chi connectivity index (χ1) is 18.4. The quantitative estimate of drug-likeness (QED) is 0.311. The first-order valence-corrected chi connectivity index (χ1v) is 11.9. The molecule has 0 amide bonds. The molecular formula is C27H25F3N6O2. The Bertz CT molecular complexity index is 1400. The molecule has 2 aromatic carbocycles. The second-order valence-corrected chi connectivity index (χ2v) is 8.46. The smallest absolute Gasteiger partial charge is 0.419 e. The predicted molar refractivity (Wildman–Crippen MR) is 139 cm³/mol. The molecule has 3 heterocycles. The molecule has 5 rings (SSSR count). The van der Waals surface area contributed by atoms with Crippen LogP contribution in [0.5, 0.6) is 5.75 Å². The van der Waals surface area contributed by atoms with Gasteiger partial charge >= 0.3 is 6.18 Å². The number of methoxy groups -OCH3 is 1. The molecule has 8 nitrogen and oxygen atoms in total. The Balaban J connectivity index is 1.47. The van der Waals surface area contributed by atoms with E-state index in [1.54, 1.807) is 49.8 Å². The van der Waals surface area contributed by atoms with Crippen LogP contribution in [0, 0.1) is 0 Å². The van der Waals surface area contributed by atoms with Crippen molar-refractivity contribution in [2.24, 2.45) is 0 Å². The number of halogens is 3. The van der Waals surface area contributed by atoms with Crippen LogP contribution < -0.4 is 20.3 Å². The molecule has 38 heavy (non-hydrogen) atoms. The van der Waals surface area contributed by atoms with Crippen molar-refractivity contribution in [2.45, 2.75) is 6.18 Å². The van der Waals surface area contributed by atoms with Crippen molar-refractivity contribution >= 4 is 28.6 Å². The molecule has 2 aromatic heterocycles. The fraction of sp³-hybridized carbons (Fsp3) is 0.222. The lowest BCUT2D eigenvalue weighted by molar-refractivity contribution is -0.137. The number of hydrogen-bond donors (Lipinski definition) is 2. The zero-order valence-corrected chi connectivity index (χ0v) is 20.5. The summed E-state index contributed by atoms with van der Waals surface area (Å²) in [5.41, 5.74) is 1.46. The van der Waals surface area contributed by atoms with Gasteiger partial charge in [-0.05, 0) is 30.3 Å². The lowest BCUT2D eigenvalue weighted by atomic mass is 10.1. The van der Waals surface area contributed by atoms with E-state index in [4.69, 9.17) is 9.47 Å². The molecule has 0 bridgehead atoms. The molecule has 0 radical (unpaired) electrons. The van der Waals surface area contributed by atoms with Gasteiger partial charge in [-0.2, -0.15) is 13.2 Å². The van der Waals surface area contributed by atoms with Crippen molar-refractivity contribution in [2.75, 3.05) is 48.9 Å². The summed E-state index contributed by atoms with van der Waals surface area (Å²) in [7, 11) is 1.54. The second-order valence-electron chi connectivity index (χ2n) is 8.46. The minimum absolute atomic E-state index is 0.165. The van der Waals surface area contributed by atoms with Crippen LogP contribution in [0.25, 0.3) is 11.4 Å². The molecule has 196 valence electrons. The van der Waals surface area contributed by atoms with E-state index in [2.05, 4.69) is 30.5 Å². The van der Waals surface area contributed by atoms with E-state index in [0.29, 0.717) is 41.7 Å². The fourth-order valence-electron chi connectivity index (χ4n) is 4.16. The van der Waals surface area contributed by atoms with Gasteiger partial charge in [-0.3, -0.25) is 0 Å². The molecule has 0 unspecified atom stereocenters. The summed E-state index contributed by atoms with van der Waals surface area (Å²) in [4.78, 5) is 14.7. The number of anilines is 5. The topological polar surface area (TPSA) is 84.4 Å². The van der Waals surface area contributed by atoms with Crippen molar-refractivity contribution in [1.29, 1.82) is 0 Å². The Hall–Kier alpha value is -4.38. The zero-order valence-electron chi connectivity index (χ0n) is 20.5. The molecule has 1 saturated heterocycles. The number of alkyl halides is 3. The summed E-state index contributed by atoms with van der Waals surface area (Å²) in [6, 6.07) is 15.5. The number of benzene rings is 2. The summed E-state index contributed by atoms with van der Waals surface area (Å²) in [5, 5.41) is 6.02. The Kier molecular flexibility index (Phi) is 7.27. The third-order valence-electron chi connectivity index (χ3n) is 6.04. The molecule has 0 aliphatic carbocycles. The minimum Gasteiger partial charge on any atom is -0.494 e. The molecule has 1 aliphatic rings. The molecular weight excluding hydrogens is 497 g/mol. The number of morpholine rings is 1. The highest BCUT2D eigenvalue weighted by Gasteiger charge is 2.34. The van der Waals surface area contributed by atoms with Gasteiger partial charge in [0.25, 0.3) is 0 Å². The van der Waals surface area contributed by atoms with Crippen LogP contribution in [-0.2, 0) is 10.9 Å². The van der Waals surface area contributed by atoms with Gasteiger partial charge in [0.1, 0.15) is 11.6 Å². The Morgan fingerprint density at radius 1 is 0.868 bits per heavy atom. The lowest BCUT2D eigenvalue weighted by Crippen LogP contribution is -2.36. The van der Waals surface area contributed by atoms with Crippen molar-refractivity contribution in [1.82, 2.24) is 15.0 Å². The van der Waals surface area contributed by atoms with E-state index in [9.17, 15) is 13.2 Å². The Labute approximate surface area is 217 Å². The highest BCUT2D eigenvalue weighted by Crippen LogP contribution is 2.39. The summed E-state index contributed by atoms with van der Waals surface area (Å²) in [6.45, 7) is 2.82. The number of rotatable bonds is 7. The van der Waals surface area contributed by atoms with Gasteiger partial charge in [0.05, 0.1) is 37.3 Å². The lowest BCUT2D eigenvalue weighted by Gasteiger charge is -2.29. The van der Waals surface area contributed by atoms with Crippen LogP contribution in [0.15, 0.2) is 73.2 Å². The third-order valence-corrected chi connectivity index (χ3v) is 6.04. The van der Waals surface area contributed by atoms with E-state index in [0.717, 1.165) is 25.0 Å². The van der Waals surface area contributed by atoms with Crippen molar-refractivity contribution in [3.8, 4) is 17.1 Å². The van der Waals surface area contributed by atoms with Gasteiger partial charge in [-0.25, -0.2) is 15.0 Å². The highest BCUT2D eigenvalue weighted by molar-refractivity contribution is 5.80. The largest absolute Gasteiger partial charge is 0.494 e. The Morgan fingerprint density at radius 2 is 1.63 bits per heavy atom. The van der Waals surface area contributed by atoms with E-state index in [1.165, 1.54) is 6.07 Å². The molecule has 11 heteroatoms. The maximum Gasteiger partial charge on any atom is 0.419 e. The number of nitrogens with one attached hydrogen (secondary N) is 2. The third kappa shape index (κ3) is 5.62. The summed E-state index contributed by atoms with van der Waals surface area (Å²) in [5.74, 6) is 1.14. The summed E-state index contributed by atoms with van der Waals surface area (Å²) < 4.78 is 52.7. The number of pyridine rings is 1. The zero-order chi connectivity index (χ0) is 26.5. The SMILES string of the molecule is COc1cc(N2CCOCC2)ccc1Nc1cc(Nc2ccccc2-c2ncccn2)c(C(F)(F)F)cn1. The number of para-hydroxylation sites is 1. The molecule has 2 N–H and O–H groups in total. The standard InChI is InChI=1S/C27H25F3N6O2/c1-37-24-15-18(36-11-13-38-14-12-36)7-8-22(24)35-25-16-23(20(17-33-25)27(28,29)30)34-21-6-3-2-5-19(21)26-31-9-4-10-32-26/h2-10,15-17H,11-14H2,1H3,(H2,33,34,35). The molecule has 0 spiro atoms. The maximum absolute atomic E-state index is 13.9. The van der Waals surface area contributed by atoms with Gasteiger partial charge in [0, 0.05) is 60.8 Å². The second kappa shape index (κ2) is 10.9. The van der Waals surface area contributed by atoms with Gasteiger partial charge in [-0.1, -0.05) is 12.1 Å². The first kappa shape index (κ1) is 25.3. The molecule has 1 fully saturated rings. The van der Waals surface area contributed by atoms with Gasteiger partial charge in [0.15, 0.2) is 5.82 Å².